The lowest BCUT2D eigenvalue weighted by molar-refractivity contribution is 0.123. The lowest BCUT2D eigenvalue weighted by Gasteiger charge is -2.19. The van der Waals surface area contributed by atoms with Gasteiger partial charge < -0.3 is 9.47 Å². The molecule has 4 nitrogen and oxygen atoms in total. The zero-order chi connectivity index (χ0) is 12.5. The van der Waals surface area contributed by atoms with Gasteiger partial charge in [-0.05, 0) is 17.7 Å². The van der Waals surface area contributed by atoms with Crippen LogP contribution in [0.1, 0.15) is 19.4 Å². The summed E-state index contributed by atoms with van der Waals surface area (Å²) in [5, 5.41) is 0. The Morgan fingerprint density at radius 2 is 1.88 bits per heavy atom. The van der Waals surface area contributed by atoms with Crippen LogP contribution in [0.25, 0.3) is 0 Å². The van der Waals surface area contributed by atoms with Gasteiger partial charge in [-0.2, -0.15) is 0 Å². The van der Waals surface area contributed by atoms with Crippen molar-refractivity contribution in [3.8, 4) is 11.5 Å². The summed E-state index contributed by atoms with van der Waals surface area (Å²) < 4.78 is 12.4. The molecular weight excluding hydrogens is 286 g/mol. The molecule has 0 aromatic heterocycles. The van der Waals surface area contributed by atoms with Crippen molar-refractivity contribution >= 4 is 15.9 Å². The summed E-state index contributed by atoms with van der Waals surface area (Å²) in [5.41, 5.74) is 0.949. The summed E-state index contributed by atoms with van der Waals surface area (Å²) >= 11 is 3.46. The van der Waals surface area contributed by atoms with Crippen LogP contribution in [0.15, 0.2) is 16.6 Å². The molecule has 0 saturated carbocycles. The van der Waals surface area contributed by atoms with E-state index in [1.807, 2.05) is 12.1 Å². The van der Waals surface area contributed by atoms with Crippen LogP contribution in [0, 0.1) is 5.41 Å². The van der Waals surface area contributed by atoms with Crippen LogP contribution in [-0.4, -0.2) is 13.2 Å². The van der Waals surface area contributed by atoms with Gasteiger partial charge in [-0.1, -0.05) is 29.8 Å². The van der Waals surface area contributed by atoms with E-state index in [2.05, 4.69) is 34.6 Å². The molecule has 1 aliphatic heterocycles. The fourth-order valence-corrected chi connectivity index (χ4v) is 2.03. The highest BCUT2D eigenvalue weighted by atomic mass is 79.9. The third-order valence-electron chi connectivity index (χ3n) is 2.59. The number of rotatable bonds is 2. The molecule has 17 heavy (non-hydrogen) atoms. The van der Waals surface area contributed by atoms with Crippen molar-refractivity contribution < 1.29 is 14.3 Å². The summed E-state index contributed by atoms with van der Waals surface area (Å²) in [6.07, 6.45) is 0. The number of fused-ring (bicyclic) bond motifs is 1. The molecule has 1 aromatic rings. The molecule has 1 heterocycles. The van der Waals surface area contributed by atoms with Crippen molar-refractivity contribution in [3.63, 3.8) is 0 Å². The van der Waals surface area contributed by atoms with Gasteiger partial charge in [-0.25, -0.2) is 5.90 Å². The quantitative estimate of drug-likeness (QED) is 0.853. The van der Waals surface area contributed by atoms with Crippen molar-refractivity contribution in [1.82, 2.24) is 0 Å². The second-order valence-corrected chi connectivity index (χ2v) is 5.80. The smallest absolute Gasteiger partial charge is 0.162 e. The van der Waals surface area contributed by atoms with E-state index in [0.29, 0.717) is 19.8 Å². The molecule has 1 aromatic carbocycles. The van der Waals surface area contributed by atoms with Gasteiger partial charge in [0.05, 0.1) is 19.8 Å². The number of nitrogens with two attached hydrogens (primary N) is 1. The lowest BCUT2D eigenvalue weighted by atomic mass is 9.97. The highest BCUT2D eigenvalue weighted by molar-refractivity contribution is 9.10. The van der Waals surface area contributed by atoms with Gasteiger partial charge in [0.2, 0.25) is 0 Å². The molecule has 94 valence electrons. The van der Waals surface area contributed by atoms with E-state index in [9.17, 15) is 0 Å². The van der Waals surface area contributed by atoms with Crippen molar-refractivity contribution in [2.45, 2.75) is 20.5 Å². The normalized spacial score (nSPS) is 17.6. The van der Waals surface area contributed by atoms with Gasteiger partial charge in [0.1, 0.15) is 0 Å². The van der Waals surface area contributed by atoms with E-state index in [0.717, 1.165) is 21.5 Å². The molecule has 0 atom stereocenters. The van der Waals surface area contributed by atoms with E-state index in [4.69, 9.17) is 15.4 Å². The minimum atomic E-state index is 0.00995. The Labute approximate surface area is 109 Å². The predicted octanol–water partition coefficient (Wildman–Crippen LogP) is 2.64. The number of hydrogen-bond donors (Lipinski definition) is 1. The monoisotopic (exact) mass is 301 g/mol. The van der Waals surface area contributed by atoms with E-state index >= 15 is 0 Å². The minimum absolute atomic E-state index is 0.00995. The maximum atomic E-state index is 5.76. The first-order valence-electron chi connectivity index (χ1n) is 5.41. The topological polar surface area (TPSA) is 53.7 Å². The van der Waals surface area contributed by atoms with Gasteiger partial charge in [0.25, 0.3) is 0 Å². The molecule has 0 saturated heterocycles. The Bertz CT molecular complexity index is 420. The molecule has 0 spiro atoms. The van der Waals surface area contributed by atoms with Gasteiger partial charge in [0.15, 0.2) is 11.5 Å². The third-order valence-corrected chi connectivity index (χ3v) is 3.33. The Morgan fingerprint density at radius 3 is 2.47 bits per heavy atom. The van der Waals surface area contributed by atoms with E-state index in [-0.39, 0.29) is 5.41 Å². The average molecular weight is 302 g/mol. The second kappa shape index (κ2) is 4.84. The van der Waals surface area contributed by atoms with Crippen molar-refractivity contribution in [1.29, 1.82) is 0 Å². The minimum Gasteiger partial charge on any atom is -0.489 e. The van der Waals surface area contributed by atoms with Crippen LogP contribution < -0.4 is 15.4 Å². The van der Waals surface area contributed by atoms with Crippen LogP contribution in [-0.2, 0) is 11.4 Å². The number of hydrogen-bond acceptors (Lipinski definition) is 4. The number of benzene rings is 1. The van der Waals surface area contributed by atoms with Gasteiger partial charge in [0, 0.05) is 9.89 Å². The molecule has 0 unspecified atom stereocenters. The molecule has 2 rings (SSSR count). The first kappa shape index (κ1) is 12.7. The van der Waals surface area contributed by atoms with E-state index in [1.165, 1.54) is 0 Å². The van der Waals surface area contributed by atoms with E-state index < -0.39 is 0 Å². The molecule has 0 aliphatic carbocycles. The summed E-state index contributed by atoms with van der Waals surface area (Å²) in [6, 6.07) is 3.79. The average Bonchev–Trinajstić information content (AvgIpc) is 2.40. The number of ether oxygens (including phenoxy) is 2. The molecule has 0 amide bonds. The third kappa shape index (κ3) is 2.91. The molecule has 2 N–H and O–H groups in total. The van der Waals surface area contributed by atoms with Crippen molar-refractivity contribution in [2.24, 2.45) is 11.3 Å². The van der Waals surface area contributed by atoms with Gasteiger partial charge >= 0.3 is 0 Å². The lowest BCUT2D eigenvalue weighted by Crippen LogP contribution is -2.26. The highest BCUT2D eigenvalue weighted by Crippen LogP contribution is 2.37. The number of halogens is 1. The van der Waals surface area contributed by atoms with Crippen molar-refractivity contribution in [3.05, 3.63) is 22.2 Å². The molecule has 0 fully saturated rings. The maximum absolute atomic E-state index is 5.76. The Morgan fingerprint density at radius 1 is 1.29 bits per heavy atom. The van der Waals surface area contributed by atoms with Gasteiger partial charge in [-0.15, -0.1) is 0 Å². The Balaban J connectivity index is 2.31. The molecule has 5 heteroatoms. The van der Waals surface area contributed by atoms with Crippen LogP contribution in [0.5, 0.6) is 11.5 Å². The van der Waals surface area contributed by atoms with Crippen LogP contribution in [0.4, 0.5) is 0 Å². The molecule has 0 bridgehead atoms. The maximum Gasteiger partial charge on any atom is 0.162 e. The molecule has 1 aliphatic rings. The van der Waals surface area contributed by atoms with Crippen LogP contribution in [0.2, 0.25) is 0 Å². The molecular formula is C12H16BrNO3. The second-order valence-electron chi connectivity index (χ2n) is 4.94. The van der Waals surface area contributed by atoms with E-state index in [1.54, 1.807) is 0 Å². The summed E-state index contributed by atoms with van der Waals surface area (Å²) in [7, 11) is 0. The van der Waals surface area contributed by atoms with Crippen molar-refractivity contribution in [2.75, 3.05) is 13.2 Å². The highest BCUT2D eigenvalue weighted by Gasteiger charge is 2.25. The zero-order valence-electron chi connectivity index (χ0n) is 9.96. The fraction of sp³-hybridized carbons (Fsp3) is 0.500. The Kier molecular flexibility index (Phi) is 3.61. The summed E-state index contributed by atoms with van der Waals surface area (Å²) in [5.74, 6) is 6.58. The molecule has 0 radical (unpaired) electrons. The predicted molar refractivity (Wildman–Crippen MR) is 67.9 cm³/mol. The summed E-state index contributed by atoms with van der Waals surface area (Å²) in [6.45, 7) is 5.82. The largest absolute Gasteiger partial charge is 0.489 e. The summed E-state index contributed by atoms with van der Waals surface area (Å²) in [4.78, 5) is 4.65. The standard InChI is InChI=1S/C12H16BrNO3/c1-12(2)6-15-10-3-8(5-17-14)9(13)4-11(10)16-7-12/h3-4H,5-7,14H2,1-2H3. The zero-order valence-corrected chi connectivity index (χ0v) is 11.5. The van der Waals surface area contributed by atoms with Gasteiger partial charge in [-0.3, -0.25) is 4.84 Å². The first-order valence-corrected chi connectivity index (χ1v) is 6.21. The van der Waals surface area contributed by atoms with Crippen LogP contribution in [0.3, 0.4) is 0 Å². The van der Waals surface area contributed by atoms with Crippen LogP contribution >= 0.6 is 15.9 Å². The SMILES string of the molecule is CC1(C)COc2cc(Br)c(CON)cc2OC1. The Hall–Kier alpha value is -0.780. The fourth-order valence-electron chi connectivity index (χ4n) is 1.59. The first-order chi connectivity index (χ1) is 8.02.